The lowest BCUT2D eigenvalue weighted by atomic mass is 10.2. The van der Waals surface area contributed by atoms with E-state index in [1.54, 1.807) is 88.9 Å². The van der Waals surface area contributed by atoms with Crippen molar-refractivity contribution in [1.29, 1.82) is 0 Å². The Kier molecular flexibility index (Phi) is 30.4. The standard InChI is InChI=1S/C18H13F2N7O.C17H11FN4O.C10H18O5.C8H9FN2O.C7H8FN3O.C6H5ClFN.C5H4ClFN2/c1-10(28)23-16-7-14(12(20)9-22-16)24-18-15-3-2-6-27(15)26-17(25-18)13-5-4-11(19)8-21-13;18-12-8-9-14(19-11-12)16-20-17(15-7-4-10-22(15)21-16)23-13-5-2-1-3-6-13;1-9(2,3)14-7(11)13-8(12)15-10(4,5)6;1-5-3-8(11-6(2)12)10-4-7(5)9;1-4(12)11-7-2-6(9)5(8)3-10-7;1-4-2-6(7)9-3-5(4)8;6-5-1-4(8)3(7)2-9-5/h2-9H,1H3,(H2,22,23,24,25,26,28);1-11H;1-6H3;3-4H,1-2H3,(H,10,11,12);2-3H,1H3,(H3,9,10,11,12);2-3H,1H3;1-2H,(H2,8,9). The number of rotatable bonds is 9. The van der Waals surface area contributed by atoms with Gasteiger partial charge in [-0.2, -0.15) is 4.98 Å². The topological polar surface area (TPSA) is 373 Å². The third kappa shape index (κ3) is 28.5. The molecule has 108 heavy (non-hydrogen) atoms. The molecule has 11 aromatic heterocycles. The van der Waals surface area contributed by atoms with Crippen molar-refractivity contribution in [2.75, 3.05) is 32.7 Å². The molecule has 0 fully saturated rings. The van der Waals surface area contributed by atoms with Crippen LogP contribution in [0, 0.1) is 54.6 Å². The van der Waals surface area contributed by atoms with E-state index >= 15 is 0 Å². The number of nitrogen functional groups attached to an aromatic ring is 2. The van der Waals surface area contributed by atoms with Gasteiger partial charge in [0.2, 0.25) is 35.3 Å². The normalized spacial score (nSPS) is 10.5. The van der Waals surface area contributed by atoms with Crippen molar-refractivity contribution in [2.24, 2.45) is 0 Å². The van der Waals surface area contributed by atoms with E-state index in [1.165, 1.54) is 75.4 Å². The van der Waals surface area contributed by atoms with Crippen molar-refractivity contribution in [1.82, 2.24) is 64.1 Å². The van der Waals surface area contributed by atoms with Crippen LogP contribution in [0.3, 0.4) is 0 Å². The first-order chi connectivity index (χ1) is 50.9. The van der Waals surface area contributed by atoms with Crippen molar-refractivity contribution in [2.45, 2.75) is 87.4 Å². The highest BCUT2D eigenvalue weighted by molar-refractivity contribution is 6.29. The second-order valence-corrected chi connectivity index (χ2v) is 24.6. The number of benzene rings is 1. The Hall–Kier alpha value is -13.1. The Balaban J connectivity index is 0.000000206. The molecule has 0 bridgehead atoms. The van der Waals surface area contributed by atoms with Gasteiger partial charge in [0.25, 0.3) is 0 Å². The molecule has 0 radical (unpaired) electrons. The van der Waals surface area contributed by atoms with Crippen LogP contribution in [0.4, 0.5) is 80.7 Å². The molecule has 0 spiro atoms. The van der Waals surface area contributed by atoms with Crippen molar-refractivity contribution < 1.29 is 73.7 Å². The van der Waals surface area contributed by atoms with Gasteiger partial charge in [0, 0.05) is 51.4 Å². The molecule has 0 aliphatic carbocycles. The minimum Gasteiger partial charge on any atom is -0.437 e. The smallest absolute Gasteiger partial charge is 0.437 e. The van der Waals surface area contributed by atoms with Gasteiger partial charge < -0.3 is 51.7 Å². The first-order valence-electron chi connectivity index (χ1n) is 31.3. The molecule has 1 aromatic carbocycles. The van der Waals surface area contributed by atoms with Gasteiger partial charge in [-0.25, -0.2) is 89.2 Å². The number of halogens is 9. The van der Waals surface area contributed by atoms with Crippen LogP contribution in [0.15, 0.2) is 165 Å². The van der Waals surface area contributed by atoms with Crippen LogP contribution in [0.1, 0.15) is 73.4 Å². The van der Waals surface area contributed by atoms with Gasteiger partial charge in [0.15, 0.2) is 23.3 Å². The van der Waals surface area contributed by atoms with Gasteiger partial charge in [-0.05, 0) is 139 Å². The minimum absolute atomic E-state index is 0.0231. The number of para-hydroxylation sites is 1. The average molecular weight is 1540 g/mol. The number of hydrogen-bond acceptors (Lipinski definition) is 23. The number of aromatic nitrogens is 13. The zero-order valence-electron chi connectivity index (χ0n) is 59.1. The number of nitrogens with zero attached hydrogens (tertiary/aromatic N) is 13. The van der Waals surface area contributed by atoms with E-state index < -0.39 is 52.6 Å². The summed E-state index contributed by atoms with van der Waals surface area (Å²) in [5.74, 6) is -1.35. The number of carbonyl (C=O) groups excluding carboxylic acids is 5. The summed E-state index contributed by atoms with van der Waals surface area (Å²) in [6, 6.07) is 29.0. The highest BCUT2D eigenvalue weighted by Crippen LogP contribution is 2.29. The first kappa shape index (κ1) is 83.9. The second-order valence-electron chi connectivity index (χ2n) is 23.8. The Morgan fingerprint density at radius 1 is 0.463 bits per heavy atom. The quantitative estimate of drug-likeness (QED) is 0.0338. The summed E-state index contributed by atoms with van der Waals surface area (Å²) >= 11 is 10.8. The number of anilines is 7. The molecular weight excluding hydrogens is 1470 g/mol. The number of aryl methyl sites for hydroxylation is 2. The van der Waals surface area contributed by atoms with Gasteiger partial charge in [-0.15, -0.1) is 10.2 Å². The Morgan fingerprint density at radius 3 is 1.33 bits per heavy atom. The third-order valence-corrected chi connectivity index (χ3v) is 12.8. The predicted molar refractivity (Wildman–Crippen MR) is 388 cm³/mol. The zero-order valence-corrected chi connectivity index (χ0v) is 60.6. The lowest BCUT2D eigenvalue weighted by molar-refractivity contribution is -0.115. The summed E-state index contributed by atoms with van der Waals surface area (Å²) in [4.78, 5) is 89.2. The van der Waals surface area contributed by atoms with E-state index in [0.29, 0.717) is 62.3 Å². The molecule has 0 unspecified atom stereocenters. The summed E-state index contributed by atoms with van der Waals surface area (Å²) in [5, 5.41) is 19.5. The number of nitrogens with one attached hydrogen (secondary N) is 4. The number of hydrogen-bond donors (Lipinski definition) is 6. The Bertz CT molecular complexity index is 4940. The summed E-state index contributed by atoms with van der Waals surface area (Å²) in [6.45, 7) is 17.3. The first-order valence-corrected chi connectivity index (χ1v) is 32.1. The highest BCUT2D eigenvalue weighted by atomic mass is 35.5. The van der Waals surface area contributed by atoms with E-state index in [1.807, 2.05) is 42.5 Å². The molecule has 0 aliphatic rings. The number of ether oxygens (including phenoxy) is 4. The minimum atomic E-state index is -1.06. The number of carbonyl (C=O) groups is 5. The molecule has 11 heterocycles. The monoisotopic (exact) mass is 1530 g/mol. The van der Waals surface area contributed by atoms with Crippen LogP contribution in [-0.2, 0) is 28.6 Å². The van der Waals surface area contributed by atoms with Crippen molar-refractivity contribution in [3.63, 3.8) is 0 Å². The van der Waals surface area contributed by atoms with E-state index in [4.69, 9.17) is 48.9 Å². The van der Waals surface area contributed by atoms with Gasteiger partial charge in [0.1, 0.15) is 90.4 Å². The van der Waals surface area contributed by atoms with E-state index in [9.17, 15) is 54.7 Å². The highest BCUT2D eigenvalue weighted by Gasteiger charge is 2.25. The molecule has 0 saturated heterocycles. The summed E-state index contributed by atoms with van der Waals surface area (Å²) < 4.78 is 113. The molecule has 0 aliphatic heterocycles. The summed E-state index contributed by atoms with van der Waals surface area (Å²) in [7, 11) is 0. The van der Waals surface area contributed by atoms with Gasteiger partial charge >= 0.3 is 12.3 Å². The largest absolute Gasteiger partial charge is 0.519 e. The lowest BCUT2D eigenvalue weighted by Gasteiger charge is -2.20. The van der Waals surface area contributed by atoms with Crippen molar-refractivity contribution >= 4 is 105 Å². The lowest BCUT2D eigenvalue weighted by Crippen LogP contribution is -2.29. The molecular formula is C71H68Cl2F7N19O9. The molecule has 0 saturated carbocycles. The van der Waals surface area contributed by atoms with Gasteiger partial charge in [-0.3, -0.25) is 14.4 Å². The molecule has 8 N–H and O–H groups in total. The van der Waals surface area contributed by atoms with Crippen LogP contribution >= 0.6 is 23.2 Å². The van der Waals surface area contributed by atoms with Crippen LogP contribution in [0.2, 0.25) is 10.3 Å². The molecule has 0 atom stereocenters. The third-order valence-electron chi connectivity index (χ3n) is 12.4. The molecule has 12 aromatic rings. The maximum Gasteiger partial charge on any atom is 0.519 e. The molecule has 564 valence electrons. The number of amides is 3. The molecule has 3 amide bonds. The number of pyridine rings is 7. The number of fused-ring (bicyclic) bond motifs is 2. The fraction of sp³-hybridized carbons (Fsp3) is 0.183. The van der Waals surface area contributed by atoms with Crippen LogP contribution < -0.4 is 37.5 Å². The Labute approximate surface area is 621 Å². The predicted octanol–water partition coefficient (Wildman–Crippen LogP) is 15.7. The summed E-state index contributed by atoms with van der Waals surface area (Å²) in [6.07, 6.45) is 8.70. The second kappa shape index (κ2) is 39.2. The van der Waals surface area contributed by atoms with Crippen molar-refractivity contribution in [3.05, 3.63) is 227 Å². The summed E-state index contributed by atoms with van der Waals surface area (Å²) in [5.41, 5.74) is 12.2. The van der Waals surface area contributed by atoms with E-state index in [-0.39, 0.29) is 69.0 Å². The maximum atomic E-state index is 14.2. The maximum absolute atomic E-state index is 14.2. The van der Waals surface area contributed by atoms with Crippen LogP contribution in [-0.4, -0.2) is 105 Å². The SMILES string of the molecule is CC(=O)Nc1cc(C)c(F)cn1.CC(=O)Nc1cc(N)c(F)cn1.CC(=O)Nc1cc(Nc2nc(-c3ccc(F)cn3)nn3cccc23)c(F)cn1.CC(C)(C)OC(=O)OC(=O)OC(C)(C)C.Cc1cc(Cl)ncc1F.Fc1ccc(-c2nc(Oc3ccccc3)c3cccn3n2)nc1.Nc1cc(Cl)ncc1F. The van der Waals surface area contributed by atoms with Crippen LogP contribution in [0.25, 0.3) is 34.1 Å². The average Bonchev–Trinajstić information content (AvgIpc) is 1.53. The molecule has 28 nitrogen and oxygen atoms in total. The fourth-order valence-corrected chi connectivity index (χ4v) is 8.16. The fourth-order valence-electron chi connectivity index (χ4n) is 7.79. The van der Waals surface area contributed by atoms with Crippen molar-refractivity contribution in [3.8, 4) is 34.7 Å². The van der Waals surface area contributed by atoms with E-state index in [2.05, 4.69) is 81.1 Å². The number of nitrogens with two attached hydrogens (primary N) is 2. The van der Waals surface area contributed by atoms with E-state index in [0.717, 1.165) is 48.9 Å². The van der Waals surface area contributed by atoms with Crippen LogP contribution in [0.5, 0.6) is 11.6 Å². The van der Waals surface area contributed by atoms with Gasteiger partial charge in [0.05, 0.1) is 60.4 Å². The van der Waals surface area contributed by atoms with Gasteiger partial charge in [-0.1, -0.05) is 41.4 Å². The molecule has 12 rings (SSSR count). The zero-order chi connectivity index (χ0) is 79.6. The molecule has 37 heteroatoms. The Morgan fingerprint density at radius 2 is 0.889 bits per heavy atom.